The lowest BCUT2D eigenvalue weighted by Crippen LogP contribution is -2.29. The number of carbonyl (C=O) groups excluding carboxylic acids is 1. The van der Waals surface area contributed by atoms with Gasteiger partial charge in [0.05, 0.1) is 17.5 Å². The van der Waals surface area contributed by atoms with E-state index in [1.165, 1.54) is 16.5 Å². The standard InChI is InChI=1S/C28H19N5O2/c29-18-22-17-23-27(30-24-13-7-8-16-32(24)28(23)35)33(19-21-11-5-2-6-12-21)26(22)31-25(34)15-14-20-9-3-1-4-10-20/h1-17H,19H2. The monoisotopic (exact) mass is 457 g/mol. The van der Waals surface area contributed by atoms with Gasteiger partial charge in [0, 0.05) is 12.3 Å². The van der Waals surface area contributed by atoms with E-state index in [2.05, 4.69) is 11.1 Å². The van der Waals surface area contributed by atoms with Crippen LogP contribution < -0.4 is 11.0 Å². The van der Waals surface area contributed by atoms with E-state index in [0.29, 0.717) is 11.3 Å². The quantitative estimate of drug-likeness (QED) is 0.304. The number of benzene rings is 2. The molecule has 3 heterocycles. The van der Waals surface area contributed by atoms with Gasteiger partial charge in [0.1, 0.15) is 17.4 Å². The minimum Gasteiger partial charge on any atom is -0.305 e. The van der Waals surface area contributed by atoms with E-state index >= 15 is 0 Å². The van der Waals surface area contributed by atoms with Gasteiger partial charge >= 0.3 is 0 Å². The molecule has 0 unspecified atom stereocenters. The molecule has 5 aromatic rings. The molecule has 0 saturated heterocycles. The maximum atomic E-state index is 13.2. The molecule has 0 aliphatic rings. The van der Waals surface area contributed by atoms with Crippen LogP contribution in [-0.4, -0.2) is 19.9 Å². The molecule has 7 nitrogen and oxygen atoms in total. The predicted octanol–water partition coefficient (Wildman–Crippen LogP) is 3.71. The Hall–Kier alpha value is -5.09. The van der Waals surface area contributed by atoms with Gasteiger partial charge in [-0.3, -0.25) is 14.0 Å². The van der Waals surface area contributed by atoms with E-state index < -0.39 is 5.91 Å². The van der Waals surface area contributed by atoms with Gasteiger partial charge in [-0.25, -0.2) is 4.98 Å². The smallest absolute Gasteiger partial charge is 0.271 e. The van der Waals surface area contributed by atoms with Gasteiger partial charge in [-0.2, -0.15) is 10.3 Å². The highest BCUT2D eigenvalue weighted by Crippen LogP contribution is 2.12. The average molecular weight is 457 g/mol. The van der Waals surface area contributed by atoms with Crippen LogP contribution in [0, 0.1) is 11.3 Å². The SMILES string of the molecule is N#Cc1cc2c(=O)n3ccccc3nc2n(Cc2ccccc2)c1=NC(=O)C=Cc1ccccc1. The predicted molar refractivity (Wildman–Crippen MR) is 133 cm³/mol. The lowest BCUT2D eigenvalue weighted by Gasteiger charge is -2.13. The number of hydrogen-bond acceptors (Lipinski definition) is 4. The van der Waals surface area contributed by atoms with Crippen LogP contribution in [0.4, 0.5) is 0 Å². The highest BCUT2D eigenvalue weighted by molar-refractivity contribution is 5.92. The Morgan fingerprint density at radius 2 is 1.71 bits per heavy atom. The minimum atomic E-state index is -0.524. The molecule has 0 aliphatic heterocycles. The van der Waals surface area contributed by atoms with Crippen molar-refractivity contribution in [3.8, 4) is 6.07 Å². The summed E-state index contributed by atoms with van der Waals surface area (Å²) in [5, 5.41) is 10.2. The molecule has 2 aromatic carbocycles. The number of pyridine rings is 2. The number of hydrogen-bond donors (Lipinski definition) is 0. The number of amides is 1. The second-order valence-electron chi connectivity index (χ2n) is 7.84. The summed E-state index contributed by atoms with van der Waals surface area (Å²) in [4.78, 5) is 35.0. The maximum absolute atomic E-state index is 13.2. The summed E-state index contributed by atoms with van der Waals surface area (Å²) in [6.07, 6.45) is 4.66. The molecule has 168 valence electrons. The Morgan fingerprint density at radius 3 is 2.46 bits per heavy atom. The van der Waals surface area contributed by atoms with Crippen molar-refractivity contribution >= 4 is 28.7 Å². The molecule has 3 aromatic heterocycles. The molecule has 0 radical (unpaired) electrons. The number of fused-ring (bicyclic) bond motifs is 2. The molecule has 0 saturated carbocycles. The molecule has 0 N–H and O–H groups in total. The molecule has 1 amide bonds. The van der Waals surface area contributed by atoms with Gasteiger partial charge in [0.2, 0.25) is 0 Å². The molecular formula is C28H19N5O2. The van der Waals surface area contributed by atoms with Gasteiger partial charge in [0.15, 0.2) is 5.49 Å². The second kappa shape index (κ2) is 9.41. The summed E-state index contributed by atoms with van der Waals surface area (Å²) in [6, 6.07) is 27.8. The van der Waals surface area contributed by atoms with E-state index in [1.54, 1.807) is 35.0 Å². The van der Waals surface area contributed by atoms with Crippen molar-refractivity contribution < 1.29 is 4.79 Å². The van der Waals surface area contributed by atoms with Gasteiger partial charge in [-0.1, -0.05) is 66.7 Å². The first kappa shape index (κ1) is 21.7. The normalized spacial score (nSPS) is 11.8. The van der Waals surface area contributed by atoms with Crippen LogP contribution >= 0.6 is 0 Å². The Labute approximate surface area is 200 Å². The second-order valence-corrected chi connectivity index (χ2v) is 7.84. The van der Waals surface area contributed by atoms with Gasteiger partial charge in [-0.15, -0.1) is 0 Å². The molecule has 0 atom stereocenters. The van der Waals surface area contributed by atoms with Crippen molar-refractivity contribution in [2.24, 2.45) is 4.99 Å². The molecule has 7 heteroatoms. The van der Waals surface area contributed by atoms with Crippen molar-refractivity contribution in [2.75, 3.05) is 0 Å². The van der Waals surface area contributed by atoms with Crippen LogP contribution in [-0.2, 0) is 11.3 Å². The number of rotatable bonds is 4. The fraction of sp³-hybridized carbons (Fsp3) is 0.0357. The number of carbonyl (C=O) groups is 1. The Balaban J connectivity index is 1.77. The highest BCUT2D eigenvalue weighted by atomic mass is 16.1. The third kappa shape index (κ3) is 4.41. The van der Waals surface area contributed by atoms with Crippen LogP contribution in [0.3, 0.4) is 0 Å². The van der Waals surface area contributed by atoms with Crippen molar-refractivity contribution in [3.63, 3.8) is 0 Å². The maximum Gasteiger partial charge on any atom is 0.271 e. The van der Waals surface area contributed by atoms with Gasteiger partial charge in [0.25, 0.3) is 11.5 Å². The highest BCUT2D eigenvalue weighted by Gasteiger charge is 2.15. The zero-order valence-corrected chi connectivity index (χ0v) is 18.6. The molecule has 0 aliphatic carbocycles. The summed E-state index contributed by atoms with van der Waals surface area (Å²) >= 11 is 0. The Bertz CT molecular complexity index is 1760. The molecule has 0 spiro atoms. The summed E-state index contributed by atoms with van der Waals surface area (Å²) in [5.41, 5.74) is 2.54. The largest absolute Gasteiger partial charge is 0.305 e. The topological polar surface area (TPSA) is 92.5 Å². The first-order valence-electron chi connectivity index (χ1n) is 10.9. The van der Waals surface area contributed by atoms with Crippen LogP contribution in [0.15, 0.2) is 107 Å². The number of nitriles is 1. The van der Waals surface area contributed by atoms with Crippen molar-refractivity contribution in [3.05, 3.63) is 130 Å². The third-order valence-corrected chi connectivity index (χ3v) is 5.53. The average Bonchev–Trinajstić information content (AvgIpc) is 2.90. The number of nitrogens with zero attached hydrogens (tertiary/aromatic N) is 5. The van der Waals surface area contributed by atoms with Crippen LogP contribution in [0.1, 0.15) is 16.7 Å². The third-order valence-electron chi connectivity index (χ3n) is 5.53. The lowest BCUT2D eigenvalue weighted by molar-refractivity contribution is -0.113. The summed E-state index contributed by atoms with van der Waals surface area (Å²) in [6.45, 7) is 0.275. The summed E-state index contributed by atoms with van der Waals surface area (Å²) in [5.74, 6) is -0.524. The Morgan fingerprint density at radius 1 is 1.00 bits per heavy atom. The Kier molecular flexibility index (Phi) is 5.85. The lowest BCUT2D eigenvalue weighted by atomic mass is 10.2. The van der Waals surface area contributed by atoms with Crippen molar-refractivity contribution in [1.29, 1.82) is 5.26 Å². The van der Waals surface area contributed by atoms with Crippen LogP contribution in [0.5, 0.6) is 0 Å². The molecule has 0 fully saturated rings. The van der Waals surface area contributed by atoms with E-state index in [9.17, 15) is 14.9 Å². The first-order valence-corrected chi connectivity index (χ1v) is 10.9. The van der Waals surface area contributed by atoms with Gasteiger partial charge in [-0.05, 0) is 35.4 Å². The zero-order valence-electron chi connectivity index (χ0n) is 18.6. The zero-order chi connectivity index (χ0) is 24.2. The van der Waals surface area contributed by atoms with Crippen LogP contribution in [0.2, 0.25) is 0 Å². The van der Waals surface area contributed by atoms with E-state index in [4.69, 9.17) is 4.98 Å². The molecule has 5 rings (SSSR count). The van der Waals surface area contributed by atoms with Gasteiger partial charge < -0.3 is 4.57 Å². The van der Waals surface area contributed by atoms with E-state index in [0.717, 1.165) is 11.1 Å². The number of aromatic nitrogens is 3. The van der Waals surface area contributed by atoms with Crippen molar-refractivity contribution in [2.45, 2.75) is 6.54 Å². The van der Waals surface area contributed by atoms with Crippen LogP contribution in [0.25, 0.3) is 22.8 Å². The summed E-state index contributed by atoms with van der Waals surface area (Å²) in [7, 11) is 0. The molecule has 35 heavy (non-hydrogen) atoms. The van der Waals surface area contributed by atoms with Crippen molar-refractivity contribution in [1.82, 2.24) is 14.0 Å². The first-order chi connectivity index (χ1) is 17.1. The molecular weight excluding hydrogens is 438 g/mol. The fourth-order valence-corrected chi connectivity index (χ4v) is 3.87. The minimum absolute atomic E-state index is 0.115. The molecule has 0 bridgehead atoms. The fourth-order valence-electron chi connectivity index (χ4n) is 3.87. The summed E-state index contributed by atoms with van der Waals surface area (Å²) < 4.78 is 3.09. The van der Waals surface area contributed by atoms with E-state index in [-0.39, 0.29) is 28.5 Å². The van der Waals surface area contributed by atoms with E-state index in [1.807, 2.05) is 60.7 Å².